The van der Waals surface area contributed by atoms with Gasteiger partial charge < -0.3 is 10.7 Å². The summed E-state index contributed by atoms with van der Waals surface area (Å²) in [6, 6.07) is 8.80. The van der Waals surface area contributed by atoms with E-state index in [9.17, 15) is 4.39 Å². The van der Waals surface area contributed by atoms with Crippen LogP contribution in [-0.2, 0) is 6.54 Å². The number of fused-ring (bicyclic) bond motifs is 1. The second-order valence-corrected chi connectivity index (χ2v) is 4.12. The Morgan fingerprint density at radius 1 is 1.17 bits per heavy atom. The Hall–Kier alpha value is -2.20. The molecule has 0 spiro atoms. The van der Waals surface area contributed by atoms with Crippen LogP contribution in [0.3, 0.4) is 0 Å². The van der Waals surface area contributed by atoms with Gasteiger partial charge in [0.15, 0.2) is 0 Å². The smallest absolute Gasteiger partial charge is 0.137 e. The largest absolute Gasteiger partial charge is 0.346 e. The fourth-order valence-electron chi connectivity index (χ4n) is 2.10. The minimum atomic E-state index is -0.258. The van der Waals surface area contributed by atoms with E-state index in [2.05, 4.69) is 9.97 Å². The maximum Gasteiger partial charge on any atom is 0.137 e. The van der Waals surface area contributed by atoms with Gasteiger partial charge in [0, 0.05) is 29.9 Å². The molecule has 0 atom stereocenters. The van der Waals surface area contributed by atoms with Crippen molar-refractivity contribution in [3.8, 4) is 11.1 Å². The number of hydrogen-bond donors (Lipinski definition) is 2. The molecule has 3 aromatic rings. The van der Waals surface area contributed by atoms with E-state index >= 15 is 0 Å². The van der Waals surface area contributed by atoms with E-state index in [1.54, 1.807) is 18.5 Å². The first-order valence-electron chi connectivity index (χ1n) is 5.70. The van der Waals surface area contributed by atoms with Crippen molar-refractivity contribution in [3.63, 3.8) is 0 Å². The molecular formula is C14H12FN3. The number of aromatic nitrogens is 2. The Labute approximate surface area is 103 Å². The number of nitrogens with one attached hydrogen (secondary N) is 1. The predicted molar refractivity (Wildman–Crippen MR) is 69.4 cm³/mol. The quantitative estimate of drug-likeness (QED) is 0.724. The number of benzene rings is 1. The van der Waals surface area contributed by atoms with Crippen LogP contribution in [0.25, 0.3) is 22.2 Å². The van der Waals surface area contributed by atoms with Crippen LogP contribution in [0.15, 0.2) is 42.7 Å². The SMILES string of the molecule is NCc1ccc(-c2ccnc3[nH]ccc23)c(F)c1. The Morgan fingerprint density at radius 3 is 2.83 bits per heavy atom. The molecule has 0 aliphatic carbocycles. The van der Waals surface area contributed by atoms with Crippen molar-refractivity contribution in [2.24, 2.45) is 5.73 Å². The van der Waals surface area contributed by atoms with E-state index in [0.29, 0.717) is 12.1 Å². The van der Waals surface area contributed by atoms with Gasteiger partial charge in [0.25, 0.3) is 0 Å². The highest BCUT2D eigenvalue weighted by atomic mass is 19.1. The Balaban J connectivity index is 2.23. The minimum Gasteiger partial charge on any atom is -0.346 e. The highest BCUT2D eigenvalue weighted by Gasteiger charge is 2.10. The maximum absolute atomic E-state index is 14.1. The van der Waals surface area contributed by atoms with Gasteiger partial charge in [0.2, 0.25) is 0 Å². The van der Waals surface area contributed by atoms with E-state index in [0.717, 1.165) is 22.2 Å². The number of aromatic amines is 1. The van der Waals surface area contributed by atoms with Crippen molar-refractivity contribution in [1.29, 1.82) is 0 Å². The zero-order chi connectivity index (χ0) is 12.5. The first kappa shape index (κ1) is 10.9. The van der Waals surface area contributed by atoms with E-state index < -0.39 is 0 Å². The van der Waals surface area contributed by atoms with Gasteiger partial charge in [-0.3, -0.25) is 0 Å². The third kappa shape index (κ3) is 1.67. The summed E-state index contributed by atoms with van der Waals surface area (Å²) >= 11 is 0. The molecular weight excluding hydrogens is 229 g/mol. The molecule has 0 saturated heterocycles. The van der Waals surface area contributed by atoms with Crippen LogP contribution in [0.4, 0.5) is 4.39 Å². The molecule has 2 heterocycles. The van der Waals surface area contributed by atoms with Crippen molar-refractivity contribution >= 4 is 11.0 Å². The van der Waals surface area contributed by atoms with Gasteiger partial charge in [0.05, 0.1) is 0 Å². The summed E-state index contributed by atoms with van der Waals surface area (Å²) in [4.78, 5) is 7.21. The summed E-state index contributed by atoms with van der Waals surface area (Å²) in [6.45, 7) is 0.340. The molecule has 90 valence electrons. The maximum atomic E-state index is 14.1. The van der Waals surface area contributed by atoms with E-state index in [-0.39, 0.29) is 5.82 Å². The molecule has 2 aromatic heterocycles. The average molecular weight is 241 g/mol. The fraction of sp³-hybridized carbons (Fsp3) is 0.0714. The number of nitrogens with two attached hydrogens (primary N) is 1. The van der Waals surface area contributed by atoms with Gasteiger partial charge in [-0.05, 0) is 29.3 Å². The molecule has 4 heteroatoms. The third-order valence-electron chi connectivity index (χ3n) is 3.02. The lowest BCUT2D eigenvalue weighted by atomic mass is 10.0. The first-order chi connectivity index (χ1) is 8.79. The van der Waals surface area contributed by atoms with E-state index in [1.807, 2.05) is 18.2 Å². The molecule has 0 radical (unpaired) electrons. The van der Waals surface area contributed by atoms with Crippen molar-refractivity contribution in [3.05, 3.63) is 54.1 Å². The molecule has 0 amide bonds. The molecule has 3 rings (SSSR count). The van der Waals surface area contributed by atoms with Crippen molar-refractivity contribution in [1.82, 2.24) is 9.97 Å². The second kappa shape index (κ2) is 4.23. The Morgan fingerprint density at radius 2 is 2.06 bits per heavy atom. The lowest BCUT2D eigenvalue weighted by Crippen LogP contribution is -1.97. The number of H-pyrrole nitrogens is 1. The molecule has 0 aliphatic rings. The number of hydrogen-bond acceptors (Lipinski definition) is 2. The number of nitrogens with zero attached hydrogens (tertiary/aromatic N) is 1. The lowest BCUT2D eigenvalue weighted by molar-refractivity contribution is 0.629. The number of halogens is 1. The summed E-state index contributed by atoms with van der Waals surface area (Å²) in [5.41, 5.74) is 8.45. The predicted octanol–water partition coefficient (Wildman–Crippen LogP) is 2.83. The summed E-state index contributed by atoms with van der Waals surface area (Å²) in [5, 5.41) is 0.914. The molecule has 0 bridgehead atoms. The summed E-state index contributed by atoms with van der Waals surface area (Å²) in [5.74, 6) is -0.258. The van der Waals surface area contributed by atoms with Crippen LogP contribution in [0.5, 0.6) is 0 Å². The van der Waals surface area contributed by atoms with Crippen LogP contribution in [-0.4, -0.2) is 9.97 Å². The lowest BCUT2D eigenvalue weighted by Gasteiger charge is -2.06. The van der Waals surface area contributed by atoms with Crippen molar-refractivity contribution in [2.45, 2.75) is 6.54 Å². The molecule has 3 N–H and O–H groups in total. The highest BCUT2D eigenvalue weighted by Crippen LogP contribution is 2.29. The van der Waals surface area contributed by atoms with Gasteiger partial charge in [-0.25, -0.2) is 9.37 Å². The summed E-state index contributed by atoms with van der Waals surface area (Å²) < 4.78 is 14.1. The van der Waals surface area contributed by atoms with Gasteiger partial charge in [-0.15, -0.1) is 0 Å². The molecule has 18 heavy (non-hydrogen) atoms. The van der Waals surface area contributed by atoms with Gasteiger partial charge in [0.1, 0.15) is 11.5 Å². The van der Waals surface area contributed by atoms with Gasteiger partial charge in [-0.1, -0.05) is 12.1 Å². The molecule has 0 unspecified atom stereocenters. The molecule has 3 nitrogen and oxygen atoms in total. The standard InChI is InChI=1S/C14H12FN3/c15-13-7-9(8-16)1-2-11(13)10-3-5-17-14-12(10)4-6-18-14/h1-7H,8,16H2,(H,17,18). The van der Waals surface area contributed by atoms with Crippen molar-refractivity contribution in [2.75, 3.05) is 0 Å². The summed E-state index contributed by atoms with van der Waals surface area (Å²) in [6.07, 6.45) is 3.47. The highest BCUT2D eigenvalue weighted by molar-refractivity contribution is 5.92. The van der Waals surface area contributed by atoms with Crippen LogP contribution in [0, 0.1) is 5.82 Å². The van der Waals surface area contributed by atoms with Gasteiger partial charge >= 0.3 is 0 Å². The van der Waals surface area contributed by atoms with Crippen LogP contribution in [0.2, 0.25) is 0 Å². The topological polar surface area (TPSA) is 54.7 Å². The minimum absolute atomic E-state index is 0.258. The normalized spacial score (nSPS) is 11.0. The average Bonchev–Trinajstić information content (AvgIpc) is 2.87. The Kier molecular flexibility index (Phi) is 2.57. The first-order valence-corrected chi connectivity index (χ1v) is 5.70. The molecule has 0 saturated carbocycles. The van der Waals surface area contributed by atoms with E-state index in [4.69, 9.17) is 5.73 Å². The molecule has 1 aromatic carbocycles. The van der Waals surface area contributed by atoms with E-state index in [1.165, 1.54) is 6.07 Å². The third-order valence-corrected chi connectivity index (χ3v) is 3.02. The van der Waals surface area contributed by atoms with Crippen LogP contribution < -0.4 is 5.73 Å². The monoisotopic (exact) mass is 241 g/mol. The van der Waals surface area contributed by atoms with Crippen molar-refractivity contribution < 1.29 is 4.39 Å². The zero-order valence-corrected chi connectivity index (χ0v) is 9.65. The second-order valence-electron chi connectivity index (χ2n) is 4.12. The molecule has 0 aliphatic heterocycles. The summed E-state index contributed by atoms with van der Waals surface area (Å²) in [7, 11) is 0. The van der Waals surface area contributed by atoms with Crippen LogP contribution in [0.1, 0.15) is 5.56 Å². The zero-order valence-electron chi connectivity index (χ0n) is 9.65. The van der Waals surface area contributed by atoms with Crippen LogP contribution >= 0.6 is 0 Å². The Bertz CT molecular complexity index is 703. The van der Waals surface area contributed by atoms with Gasteiger partial charge in [-0.2, -0.15) is 0 Å². The number of rotatable bonds is 2. The molecule has 0 fully saturated rings. The number of pyridine rings is 1. The fourth-order valence-corrected chi connectivity index (χ4v) is 2.10.